The summed E-state index contributed by atoms with van der Waals surface area (Å²) < 4.78 is 11.3. The average Bonchev–Trinajstić information content (AvgIpc) is 2.31. The highest BCUT2D eigenvalue weighted by Crippen LogP contribution is 2.30. The summed E-state index contributed by atoms with van der Waals surface area (Å²) in [7, 11) is 0. The molecular weight excluding hydrogens is 264 g/mol. The summed E-state index contributed by atoms with van der Waals surface area (Å²) in [5.74, 6) is -0.791. The maximum Gasteiger partial charge on any atom is 0.303 e. The molecule has 1 saturated heterocycles. The first kappa shape index (κ1) is 17.4. The molecule has 4 unspecified atom stereocenters. The molecule has 1 fully saturated rings. The van der Waals surface area contributed by atoms with Crippen LogP contribution in [0.5, 0.6) is 0 Å². The van der Waals surface area contributed by atoms with Crippen LogP contribution >= 0.6 is 0 Å². The molecule has 0 aromatic rings. The van der Waals surface area contributed by atoms with Crippen LogP contribution in [0.2, 0.25) is 0 Å². The molecular formula is C14H26O6. The van der Waals surface area contributed by atoms with Gasteiger partial charge in [-0.25, -0.2) is 0 Å². The molecule has 1 heterocycles. The molecule has 6 heteroatoms. The Morgan fingerprint density at radius 1 is 1.40 bits per heavy atom. The van der Waals surface area contributed by atoms with E-state index in [1.165, 1.54) is 0 Å². The van der Waals surface area contributed by atoms with Crippen LogP contribution in [-0.4, -0.2) is 51.5 Å². The fraction of sp³-hybridized carbons (Fsp3) is 0.929. The first-order valence-corrected chi connectivity index (χ1v) is 7.13. The number of unbranched alkanes of at least 4 members (excludes halogenated alkanes) is 1. The van der Waals surface area contributed by atoms with E-state index in [4.69, 9.17) is 14.6 Å². The number of ether oxygens (including phenoxy) is 2. The lowest BCUT2D eigenvalue weighted by molar-refractivity contribution is -0.304. The van der Waals surface area contributed by atoms with Gasteiger partial charge in [-0.3, -0.25) is 4.79 Å². The number of carboxylic acid groups (broad SMARTS) is 1. The molecule has 0 spiro atoms. The normalized spacial score (nSPS) is 30.9. The Kier molecular flexibility index (Phi) is 6.39. The van der Waals surface area contributed by atoms with Gasteiger partial charge in [-0.05, 0) is 33.6 Å². The van der Waals surface area contributed by atoms with Crippen molar-refractivity contribution in [3.05, 3.63) is 0 Å². The van der Waals surface area contributed by atoms with Crippen molar-refractivity contribution >= 4 is 5.97 Å². The number of carboxylic acids is 1. The second-order valence-corrected chi connectivity index (χ2v) is 5.99. The van der Waals surface area contributed by atoms with Gasteiger partial charge >= 0.3 is 5.97 Å². The smallest absolute Gasteiger partial charge is 0.303 e. The van der Waals surface area contributed by atoms with Crippen LogP contribution < -0.4 is 0 Å². The highest BCUT2D eigenvalue weighted by molar-refractivity contribution is 5.66. The maximum absolute atomic E-state index is 10.4. The zero-order valence-electron chi connectivity index (χ0n) is 12.4. The third-order valence-corrected chi connectivity index (χ3v) is 3.62. The van der Waals surface area contributed by atoms with Gasteiger partial charge in [0, 0.05) is 12.8 Å². The predicted octanol–water partition coefficient (Wildman–Crippen LogP) is 1.28. The summed E-state index contributed by atoms with van der Waals surface area (Å²) >= 11 is 0. The van der Waals surface area contributed by atoms with E-state index in [2.05, 4.69) is 0 Å². The Morgan fingerprint density at radius 2 is 2.05 bits per heavy atom. The van der Waals surface area contributed by atoms with Crippen LogP contribution in [-0.2, 0) is 14.3 Å². The largest absolute Gasteiger partial charge is 0.481 e. The Bertz CT molecular complexity index is 317. The Hall–Kier alpha value is -0.690. The summed E-state index contributed by atoms with van der Waals surface area (Å²) in [5, 5.41) is 28.2. The van der Waals surface area contributed by atoms with Crippen LogP contribution in [0.3, 0.4) is 0 Å². The SMILES string of the molecule is CC(CCCCC(=O)O)OC1OC(C)(C)C(O)CC1O. The lowest BCUT2D eigenvalue weighted by Crippen LogP contribution is -2.54. The van der Waals surface area contributed by atoms with Crippen LogP contribution in [0.1, 0.15) is 52.9 Å². The van der Waals surface area contributed by atoms with Crippen molar-refractivity contribution in [1.29, 1.82) is 0 Å². The van der Waals surface area contributed by atoms with Crippen LogP contribution in [0.25, 0.3) is 0 Å². The van der Waals surface area contributed by atoms with Crippen molar-refractivity contribution in [1.82, 2.24) is 0 Å². The summed E-state index contributed by atoms with van der Waals surface area (Å²) in [6.45, 7) is 5.39. The third-order valence-electron chi connectivity index (χ3n) is 3.62. The summed E-state index contributed by atoms with van der Waals surface area (Å²) in [6.07, 6.45) is 0.0183. The van der Waals surface area contributed by atoms with E-state index in [1.54, 1.807) is 13.8 Å². The lowest BCUT2D eigenvalue weighted by atomic mass is 9.92. The summed E-state index contributed by atoms with van der Waals surface area (Å²) in [4.78, 5) is 10.4. The quantitative estimate of drug-likeness (QED) is 0.611. The van der Waals surface area contributed by atoms with Gasteiger partial charge in [0.25, 0.3) is 0 Å². The first-order chi connectivity index (χ1) is 9.22. The van der Waals surface area contributed by atoms with Crippen molar-refractivity contribution in [2.45, 2.75) is 83.1 Å². The lowest BCUT2D eigenvalue weighted by Gasteiger charge is -2.43. The minimum Gasteiger partial charge on any atom is -0.481 e. The Balaban J connectivity index is 2.33. The minimum absolute atomic E-state index is 0.130. The van der Waals surface area contributed by atoms with Gasteiger partial charge in [0.2, 0.25) is 0 Å². The number of aliphatic carboxylic acids is 1. The van der Waals surface area contributed by atoms with E-state index in [9.17, 15) is 15.0 Å². The molecule has 118 valence electrons. The highest BCUT2D eigenvalue weighted by Gasteiger charge is 2.42. The van der Waals surface area contributed by atoms with Crippen molar-refractivity contribution in [3.63, 3.8) is 0 Å². The molecule has 0 bridgehead atoms. The number of hydrogen-bond donors (Lipinski definition) is 3. The topological polar surface area (TPSA) is 96.2 Å². The van der Waals surface area contributed by atoms with Gasteiger partial charge in [-0.15, -0.1) is 0 Å². The van der Waals surface area contributed by atoms with E-state index in [1.807, 2.05) is 6.92 Å². The Labute approximate surface area is 119 Å². The van der Waals surface area contributed by atoms with Crippen LogP contribution in [0.4, 0.5) is 0 Å². The molecule has 20 heavy (non-hydrogen) atoms. The molecule has 0 amide bonds. The average molecular weight is 290 g/mol. The first-order valence-electron chi connectivity index (χ1n) is 7.13. The molecule has 0 radical (unpaired) electrons. The number of rotatable bonds is 7. The van der Waals surface area contributed by atoms with Gasteiger partial charge in [0.15, 0.2) is 6.29 Å². The van der Waals surface area contributed by atoms with E-state index in [-0.39, 0.29) is 18.9 Å². The second-order valence-electron chi connectivity index (χ2n) is 5.99. The maximum atomic E-state index is 10.4. The van der Waals surface area contributed by atoms with Crippen LogP contribution in [0, 0.1) is 0 Å². The molecule has 1 aliphatic heterocycles. The molecule has 0 aromatic heterocycles. The summed E-state index contributed by atoms with van der Waals surface area (Å²) in [6, 6.07) is 0. The second kappa shape index (κ2) is 7.36. The standard InChI is InChI=1S/C14H26O6/c1-9(6-4-5-7-12(17)18)19-13-10(15)8-11(16)14(2,3)20-13/h9-11,13,15-16H,4-8H2,1-3H3,(H,17,18). The van der Waals surface area contributed by atoms with Gasteiger partial charge in [-0.1, -0.05) is 6.42 Å². The molecule has 4 atom stereocenters. The molecule has 1 rings (SSSR count). The summed E-state index contributed by atoms with van der Waals surface area (Å²) in [5.41, 5.74) is -0.743. The van der Waals surface area contributed by atoms with E-state index < -0.39 is 30.1 Å². The van der Waals surface area contributed by atoms with E-state index in [0.717, 1.165) is 6.42 Å². The van der Waals surface area contributed by atoms with Gasteiger partial charge in [0.1, 0.15) is 6.10 Å². The predicted molar refractivity (Wildman–Crippen MR) is 72.2 cm³/mol. The van der Waals surface area contributed by atoms with Crippen LogP contribution in [0.15, 0.2) is 0 Å². The van der Waals surface area contributed by atoms with Gasteiger partial charge in [-0.2, -0.15) is 0 Å². The molecule has 1 aliphatic rings. The molecule has 3 N–H and O–H groups in total. The number of carbonyl (C=O) groups is 1. The van der Waals surface area contributed by atoms with Gasteiger partial charge < -0.3 is 24.8 Å². The van der Waals surface area contributed by atoms with Crippen molar-refractivity contribution in [3.8, 4) is 0 Å². The highest BCUT2D eigenvalue weighted by atomic mass is 16.7. The van der Waals surface area contributed by atoms with E-state index in [0.29, 0.717) is 12.8 Å². The van der Waals surface area contributed by atoms with Crippen molar-refractivity contribution in [2.24, 2.45) is 0 Å². The number of aliphatic hydroxyl groups is 2. The molecule has 6 nitrogen and oxygen atoms in total. The number of aliphatic hydroxyl groups excluding tert-OH is 2. The third kappa shape index (κ3) is 5.36. The Morgan fingerprint density at radius 3 is 2.65 bits per heavy atom. The minimum atomic E-state index is -0.848. The van der Waals surface area contributed by atoms with Crippen molar-refractivity contribution in [2.75, 3.05) is 0 Å². The van der Waals surface area contributed by atoms with Gasteiger partial charge in [0.05, 0.1) is 17.8 Å². The zero-order valence-corrected chi connectivity index (χ0v) is 12.4. The number of hydrogen-bond acceptors (Lipinski definition) is 5. The van der Waals surface area contributed by atoms with E-state index >= 15 is 0 Å². The van der Waals surface area contributed by atoms with Crippen molar-refractivity contribution < 1.29 is 29.6 Å². The molecule has 0 aromatic carbocycles. The molecule has 0 saturated carbocycles. The molecule has 0 aliphatic carbocycles. The monoisotopic (exact) mass is 290 g/mol. The fourth-order valence-electron chi connectivity index (χ4n) is 2.20. The fourth-order valence-corrected chi connectivity index (χ4v) is 2.20. The zero-order chi connectivity index (χ0) is 15.3.